The fraction of sp³-hybridized carbons (Fsp3) is 1.00. The third-order valence-electron chi connectivity index (χ3n) is 5.12. The summed E-state index contributed by atoms with van der Waals surface area (Å²) < 4.78 is 404. The second kappa shape index (κ2) is 16.5. The van der Waals surface area contributed by atoms with Gasteiger partial charge in [0.2, 0.25) is 0 Å². The molecule has 0 saturated carbocycles. The predicted octanol–water partition coefficient (Wildman–Crippen LogP) is 11.5. The molecule has 0 aromatic heterocycles. The van der Waals surface area contributed by atoms with E-state index in [1.807, 2.05) is 9.47 Å². The largest absolute Gasteiger partial charge is 0.483 e. The summed E-state index contributed by atoms with van der Waals surface area (Å²) in [5, 5.41) is 0. The monoisotopic (exact) mass is 912 g/mol. The highest BCUT2D eigenvalue weighted by Gasteiger charge is 2.81. The lowest BCUT2D eigenvalue weighted by Crippen LogP contribution is -2.66. The van der Waals surface area contributed by atoms with Gasteiger partial charge in [0.25, 0.3) is 12.0 Å². The molecule has 0 N–H and O–H groups in total. The molecular formula is C19H12F32O4. The normalized spacial score (nSPS) is 19.7. The molecule has 0 fully saturated rings. The Balaban J connectivity index is -0.00000113. The molecule has 5 atom stereocenters. The average molecular weight is 912 g/mol. The van der Waals surface area contributed by atoms with Crippen LogP contribution < -0.4 is 0 Å². The van der Waals surface area contributed by atoms with Gasteiger partial charge < -0.3 is 4.74 Å². The van der Waals surface area contributed by atoms with Gasteiger partial charge in [-0.1, -0.05) is 0 Å². The average Bonchev–Trinajstić information content (AvgIpc) is 2.87. The summed E-state index contributed by atoms with van der Waals surface area (Å²) in [5.74, 6) is -13.5. The number of hydrogen-bond acceptors (Lipinski definition) is 4. The van der Waals surface area contributed by atoms with E-state index >= 15 is 0 Å². The molecule has 0 aliphatic heterocycles. The maximum absolute atomic E-state index is 13.9. The Kier molecular flexibility index (Phi) is 17.0. The SMILES string of the molecule is CC(F)(C(F)(F)F)C(F)(F)OC(F)(F)C(F)(F)F.CC(F)(OC(F)(F)C(F)(OCC(F)(C(F)(F)F)C(F)(F)OC(F)C(F)(F)F)C(F)(F)F)C(F)(F)F.CF. The molecule has 5 unspecified atom stereocenters. The molecule has 0 radical (unpaired) electrons. The summed E-state index contributed by atoms with van der Waals surface area (Å²) in [6, 6.07) is 0. The first-order valence-corrected chi connectivity index (χ1v) is 11.7. The molecular weight excluding hydrogens is 900 g/mol. The van der Waals surface area contributed by atoms with Crippen LogP contribution in [0.2, 0.25) is 0 Å². The van der Waals surface area contributed by atoms with Crippen molar-refractivity contribution in [2.45, 2.75) is 105 Å². The summed E-state index contributed by atoms with van der Waals surface area (Å²) in [7, 11) is 0.500. The smallest absolute Gasteiger partial charge is 0.328 e. The minimum atomic E-state index is -7.64. The zero-order valence-corrected chi connectivity index (χ0v) is 25.0. The van der Waals surface area contributed by atoms with Crippen LogP contribution in [0.5, 0.6) is 0 Å². The number of rotatable bonds is 12. The zero-order valence-electron chi connectivity index (χ0n) is 25.0. The van der Waals surface area contributed by atoms with Gasteiger partial charge in [-0.15, -0.1) is 0 Å². The minimum absolute atomic E-state index is 0.500. The first-order valence-electron chi connectivity index (χ1n) is 11.7. The highest BCUT2D eigenvalue weighted by molar-refractivity contribution is 4.98. The lowest BCUT2D eigenvalue weighted by molar-refractivity contribution is -0.510. The molecule has 0 bridgehead atoms. The molecule has 0 aromatic carbocycles. The van der Waals surface area contributed by atoms with Crippen molar-refractivity contribution in [3.05, 3.63) is 0 Å². The van der Waals surface area contributed by atoms with Crippen LogP contribution in [0.3, 0.4) is 0 Å². The van der Waals surface area contributed by atoms with Crippen molar-refractivity contribution in [2.75, 3.05) is 13.8 Å². The molecule has 55 heavy (non-hydrogen) atoms. The molecule has 336 valence electrons. The van der Waals surface area contributed by atoms with Gasteiger partial charge in [-0.3, -0.25) is 13.9 Å². The third kappa shape index (κ3) is 12.8. The lowest BCUT2D eigenvalue weighted by Gasteiger charge is -2.40. The van der Waals surface area contributed by atoms with Crippen molar-refractivity contribution >= 4 is 0 Å². The highest BCUT2D eigenvalue weighted by atomic mass is 19.4. The van der Waals surface area contributed by atoms with E-state index in [4.69, 9.17) is 0 Å². The zero-order chi connectivity index (χ0) is 46.1. The van der Waals surface area contributed by atoms with E-state index in [0.717, 1.165) is 0 Å². The topological polar surface area (TPSA) is 36.9 Å². The molecule has 0 rings (SSSR count). The van der Waals surface area contributed by atoms with Crippen LogP contribution in [0.15, 0.2) is 0 Å². The van der Waals surface area contributed by atoms with Gasteiger partial charge in [-0.25, -0.2) is 22.3 Å². The predicted molar refractivity (Wildman–Crippen MR) is 104 cm³/mol. The third-order valence-corrected chi connectivity index (χ3v) is 5.12. The van der Waals surface area contributed by atoms with E-state index in [9.17, 15) is 140 Å². The number of halogens is 32. The highest BCUT2D eigenvalue weighted by Crippen LogP contribution is 2.54. The van der Waals surface area contributed by atoms with E-state index in [1.165, 1.54) is 0 Å². The van der Waals surface area contributed by atoms with Crippen LogP contribution in [0.25, 0.3) is 0 Å². The molecule has 36 heteroatoms. The summed E-state index contributed by atoms with van der Waals surface area (Å²) in [4.78, 5) is 0. The second-order valence-corrected chi connectivity index (χ2v) is 9.34. The fourth-order valence-corrected chi connectivity index (χ4v) is 1.99. The molecule has 0 heterocycles. The van der Waals surface area contributed by atoms with Gasteiger partial charge in [0, 0.05) is 6.92 Å². The van der Waals surface area contributed by atoms with Crippen molar-refractivity contribution in [2.24, 2.45) is 0 Å². The van der Waals surface area contributed by atoms with Crippen LogP contribution in [-0.2, 0) is 18.9 Å². The van der Waals surface area contributed by atoms with Crippen molar-refractivity contribution in [1.29, 1.82) is 0 Å². The first kappa shape index (κ1) is 56.9. The molecule has 0 spiro atoms. The standard InChI is InChI=1S/C12H6F20O3.C6H3F11O.CH3F/c1-4(14,8(20,21)22)35-12(31,32)7(19,10(26,27)28)33-2-5(15,9(23,24)25)11(29,30)34-3(13)6(16,17)18;1-2(7,3(8,9)10)5(14,15)18-6(16,17)4(11,12)13;1-2/h3H,2H2,1H3;1H3;1H3. The summed E-state index contributed by atoms with van der Waals surface area (Å²) in [6.45, 7) is -6.55. The Bertz CT molecular complexity index is 1190. The Morgan fingerprint density at radius 3 is 1.02 bits per heavy atom. The molecule has 0 aliphatic carbocycles. The molecule has 0 amide bonds. The first-order chi connectivity index (χ1) is 23.2. The van der Waals surface area contributed by atoms with Gasteiger partial charge in [0.05, 0.1) is 7.18 Å². The molecule has 4 nitrogen and oxygen atoms in total. The van der Waals surface area contributed by atoms with Gasteiger partial charge in [0.1, 0.15) is 6.61 Å². The number of ether oxygens (including phenoxy) is 4. The van der Waals surface area contributed by atoms with Gasteiger partial charge in [-0.05, 0) is 6.92 Å². The Morgan fingerprint density at radius 2 is 0.764 bits per heavy atom. The van der Waals surface area contributed by atoms with E-state index < -0.39 is 111 Å². The Hall–Kier alpha value is -2.40. The summed E-state index contributed by atoms with van der Waals surface area (Å²) in [5.41, 5.74) is -13.0. The van der Waals surface area contributed by atoms with Crippen LogP contribution in [-0.4, -0.2) is 105 Å². The van der Waals surface area contributed by atoms with Crippen LogP contribution in [0.4, 0.5) is 140 Å². The van der Waals surface area contributed by atoms with Crippen molar-refractivity contribution in [3.8, 4) is 0 Å². The number of hydrogen-bond donors (Lipinski definition) is 0. The summed E-state index contributed by atoms with van der Waals surface area (Å²) >= 11 is 0. The van der Waals surface area contributed by atoms with Crippen molar-refractivity contribution in [1.82, 2.24) is 0 Å². The maximum atomic E-state index is 13.9. The molecule has 0 aromatic rings. The molecule has 0 saturated heterocycles. The van der Waals surface area contributed by atoms with Gasteiger partial charge in [-0.2, -0.15) is 119 Å². The minimum Gasteiger partial charge on any atom is -0.328 e. The van der Waals surface area contributed by atoms with E-state index in [0.29, 0.717) is 7.18 Å². The van der Waals surface area contributed by atoms with E-state index in [1.54, 1.807) is 4.74 Å². The quantitative estimate of drug-likeness (QED) is 0.183. The van der Waals surface area contributed by atoms with E-state index in [-0.39, 0.29) is 0 Å². The lowest BCUT2D eigenvalue weighted by atomic mass is 10.1. The summed E-state index contributed by atoms with van der Waals surface area (Å²) in [6.07, 6.45) is -75.1. The van der Waals surface area contributed by atoms with Crippen LogP contribution in [0.1, 0.15) is 13.8 Å². The fourth-order valence-electron chi connectivity index (χ4n) is 1.99. The van der Waals surface area contributed by atoms with Crippen LogP contribution >= 0.6 is 0 Å². The Morgan fingerprint density at radius 1 is 0.400 bits per heavy atom. The maximum Gasteiger partial charge on any atom is 0.483 e. The second-order valence-electron chi connectivity index (χ2n) is 9.34. The van der Waals surface area contributed by atoms with Crippen molar-refractivity contribution < 1.29 is 159 Å². The number of alkyl halides is 32. The van der Waals surface area contributed by atoms with E-state index in [2.05, 4.69) is 4.74 Å². The van der Waals surface area contributed by atoms with Crippen LogP contribution in [0, 0.1) is 0 Å². The molecule has 0 aliphatic rings. The Labute approximate surface area is 279 Å². The van der Waals surface area contributed by atoms with Crippen molar-refractivity contribution in [3.63, 3.8) is 0 Å². The van der Waals surface area contributed by atoms with Gasteiger partial charge >= 0.3 is 78.9 Å². The van der Waals surface area contributed by atoms with Gasteiger partial charge in [0.15, 0.2) is 0 Å².